The van der Waals surface area contributed by atoms with Crippen molar-refractivity contribution in [2.24, 2.45) is 5.41 Å². The third-order valence-electron chi connectivity index (χ3n) is 10.1. The predicted molar refractivity (Wildman–Crippen MR) is 212 cm³/mol. The van der Waals surface area contributed by atoms with Crippen molar-refractivity contribution in [3.8, 4) is 22.3 Å². The lowest BCUT2D eigenvalue weighted by Gasteiger charge is -2.37. The molecule has 0 bridgehead atoms. The van der Waals surface area contributed by atoms with Crippen molar-refractivity contribution in [3.63, 3.8) is 0 Å². The van der Waals surface area contributed by atoms with Crippen molar-refractivity contribution in [2.75, 3.05) is 6.61 Å². The molecule has 1 fully saturated rings. The second-order valence-electron chi connectivity index (χ2n) is 17.1. The fraction of sp³-hybridized carbons (Fsp3) is 0.488. The SMILES string of the molecule is CC(=CC=CCC(C)OCC(C)(C)C)c1cc(-c2ccc([B]OC(C)(C)C(C)(C)O)cc2)cc(-c2ccc(B3OC(C)(C)C(C)(C)O3)cc2)c1. The van der Waals surface area contributed by atoms with Gasteiger partial charge in [-0.15, -0.1) is 0 Å². The molecule has 3 aromatic rings. The summed E-state index contributed by atoms with van der Waals surface area (Å²) in [6.07, 6.45) is 7.53. The van der Waals surface area contributed by atoms with Gasteiger partial charge in [0.2, 0.25) is 0 Å². The van der Waals surface area contributed by atoms with E-state index in [9.17, 15) is 5.11 Å². The Balaban J connectivity index is 1.61. The summed E-state index contributed by atoms with van der Waals surface area (Å²) in [5, 5.41) is 10.5. The zero-order valence-corrected chi connectivity index (χ0v) is 32.8. The van der Waals surface area contributed by atoms with Crippen LogP contribution < -0.4 is 10.9 Å². The highest BCUT2D eigenvalue weighted by Crippen LogP contribution is 2.37. The summed E-state index contributed by atoms with van der Waals surface area (Å²) < 4.78 is 24.6. The quantitative estimate of drug-likeness (QED) is 0.145. The Hall–Kier alpha value is -2.93. The summed E-state index contributed by atoms with van der Waals surface area (Å²) >= 11 is 0. The van der Waals surface area contributed by atoms with E-state index in [2.05, 4.69) is 147 Å². The minimum atomic E-state index is -0.984. The number of rotatable bonds is 13. The Morgan fingerprint density at radius 3 is 1.84 bits per heavy atom. The van der Waals surface area contributed by atoms with Gasteiger partial charge < -0.3 is 23.8 Å². The van der Waals surface area contributed by atoms with Gasteiger partial charge in [0, 0.05) is 0 Å². The summed E-state index contributed by atoms with van der Waals surface area (Å²) in [7, 11) is 1.32. The van der Waals surface area contributed by atoms with Gasteiger partial charge in [0.05, 0.1) is 35.1 Å². The van der Waals surface area contributed by atoms with Crippen LogP contribution in [0.1, 0.15) is 102 Å². The van der Waals surface area contributed by atoms with E-state index in [0.717, 1.165) is 51.8 Å². The van der Waals surface area contributed by atoms with Gasteiger partial charge in [-0.1, -0.05) is 93.0 Å². The fourth-order valence-corrected chi connectivity index (χ4v) is 5.15. The molecule has 4 rings (SSSR count). The molecule has 1 heterocycles. The third-order valence-corrected chi connectivity index (χ3v) is 10.1. The van der Waals surface area contributed by atoms with Gasteiger partial charge in [0.25, 0.3) is 0 Å². The van der Waals surface area contributed by atoms with Crippen LogP contribution in [-0.4, -0.2) is 54.8 Å². The van der Waals surface area contributed by atoms with Crippen LogP contribution in [0.25, 0.3) is 27.8 Å². The van der Waals surface area contributed by atoms with E-state index in [1.807, 2.05) is 13.8 Å². The Morgan fingerprint density at radius 2 is 1.34 bits per heavy atom. The smallest absolute Gasteiger partial charge is 0.427 e. The molecule has 1 saturated heterocycles. The summed E-state index contributed by atoms with van der Waals surface area (Å²) in [6, 6.07) is 23.6. The molecule has 1 N–H and O–H groups in total. The van der Waals surface area contributed by atoms with Gasteiger partial charge in [0.15, 0.2) is 0 Å². The molecule has 1 aliphatic rings. The molecular formula is C43H59B2O5. The van der Waals surface area contributed by atoms with Crippen molar-refractivity contribution in [1.82, 2.24) is 0 Å². The lowest BCUT2D eigenvalue weighted by molar-refractivity contribution is -0.0893. The maximum absolute atomic E-state index is 10.5. The topological polar surface area (TPSA) is 57.2 Å². The van der Waals surface area contributed by atoms with Crippen LogP contribution in [-0.2, 0) is 18.7 Å². The van der Waals surface area contributed by atoms with Crippen LogP contribution in [0, 0.1) is 5.41 Å². The number of ether oxygens (including phenoxy) is 1. The number of aliphatic hydroxyl groups is 1. The minimum Gasteiger partial charge on any atom is -0.427 e. The van der Waals surface area contributed by atoms with Crippen LogP contribution in [0.5, 0.6) is 0 Å². The molecule has 1 atom stereocenters. The van der Waals surface area contributed by atoms with Crippen molar-refractivity contribution in [2.45, 2.75) is 125 Å². The molecule has 1 aliphatic heterocycles. The molecular weight excluding hydrogens is 618 g/mol. The zero-order chi connectivity index (χ0) is 37.1. The summed E-state index contributed by atoms with van der Waals surface area (Å²) in [5.74, 6) is 0. The van der Waals surface area contributed by atoms with Crippen molar-refractivity contribution in [1.29, 1.82) is 0 Å². The molecule has 50 heavy (non-hydrogen) atoms. The summed E-state index contributed by atoms with van der Waals surface area (Å²) in [4.78, 5) is 0. The lowest BCUT2D eigenvalue weighted by atomic mass is 9.78. The van der Waals surface area contributed by atoms with E-state index in [-0.39, 0.29) is 22.7 Å². The number of hydrogen-bond donors (Lipinski definition) is 1. The molecule has 1 unspecified atom stereocenters. The molecule has 0 spiro atoms. The molecule has 0 aromatic heterocycles. The van der Waals surface area contributed by atoms with Gasteiger partial charge in [0.1, 0.15) is 0 Å². The van der Waals surface area contributed by atoms with Crippen LogP contribution in [0.2, 0.25) is 0 Å². The number of benzene rings is 3. The molecule has 1 radical (unpaired) electrons. The second kappa shape index (κ2) is 15.4. The van der Waals surface area contributed by atoms with E-state index < -0.39 is 18.3 Å². The van der Waals surface area contributed by atoms with E-state index >= 15 is 0 Å². The van der Waals surface area contributed by atoms with Crippen molar-refractivity contribution in [3.05, 3.63) is 90.5 Å². The van der Waals surface area contributed by atoms with E-state index in [1.165, 1.54) is 5.57 Å². The Morgan fingerprint density at radius 1 is 0.820 bits per heavy atom. The summed E-state index contributed by atoms with van der Waals surface area (Å²) in [6.45, 7) is 27.2. The second-order valence-corrected chi connectivity index (χ2v) is 17.1. The van der Waals surface area contributed by atoms with Gasteiger partial charge in [-0.3, -0.25) is 0 Å². The van der Waals surface area contributed by atoms with Gasteiger partial charge in [-0.2, -0.15) is 0 Å². The highest BCUT2D eigenvalue weighted by atomic mass is 16.7. The monoisotopic (exact) mass is 677 g/mol. The number of allylic oxidation sites excluding steroid dienone is 3. The van der Waals surface area contributed by atoms with Crippen LogP contribution in [0.3, 0.4) is 0 Å². The molecule has 0 saturated carbocycles. The van der Waals surface area contributed by atoms with Gasteiger partial charge >= 0.3 is 14.6 Å². The Bertz CT molecular complexity index is 1620. The molecule has 7 heteroatoms. The highest BCUT2D eigenvalue weighted by Gasteiger charge is 2.51. The Kier molecular flexibility index (Phi) is 12.2. The van der Waals surface area contributed by atoms with Crippen LogP contribution in [0.4, 0.5) is 0 Å². The molecule has 0 amide bonds. The maximum atomic E-state index is 10.5. The summed E-state index contributed by atoms with van der Waals surface area (Å²) in [5.41, 5.74) is 6.41. The Labute approximate surface area is 303 Å². The normalized spacial score (nSPS) is 17.4. The first-order valence-corrected chi connectivity index (χ1v) is 18.0. The van der Waals surface area contributed by atoms with Crippen LogP contribution in [0.15, 0.2) is 85.0 Å². The largest absolute Gasteiger partial charge is 0.494 e. The minimum absolute atomic E-state index is 0.157. The van der Waals surface area contributed by atoms with Crippen LogP contribution >= 0.6 is 0 Å². The first-order chi connectivity index (χ1) is 23.1. The van der Waals surface area contributed by atoms with E-state index in [0.29, 0.717) is 0 Å². The lowest BCUT2D eigenvalue weighted by Crippen LogP contribution is -2.49. The molecule has 3 aromatic carbocycles. The van der Waals surface area contributed by atoms with Crippen molar-refractivity contribution >= 4 is 31.1 Å². The fourth-order valence-electron chi connectivity index (χ4n) is 5.15. The average Bonchev–Trinajstić information content (AvgIpc) is 3.26. The standard InChI is InChI=1S/C43H59B2O5/c1-30(16-14-15-17-31(2)47-29-39(3,4)5)34-26-35(32-18-22-37(23-19-32)44-48-41(8,9)40(6,7)46)28-36(27-34)33-20-24-38(25-21-33)45-49-42(10,11)43(12,13)50-45/h14-16,18-28,31,46H,17,29H2,1-13H3. The van der Waals surface area contributed by atoms with Gasteiger partial charge in [-0.05, 0) is 138 Å². The first-order valence-electron chi connectivity index (χ1n) is 18.0. The first kappa shape index (κ1) is 39.8. The zero-order valence-electron chi connectivity index (χ0n) is 32.8. The van der Waals surface area contributed by atoms with E-state index in [1.54, 1.807) is 21.3 Å². The molecule has 0 aliphatic carbocycles. The van der Waals surface area contributed by atoms with Gasteiger partial charge in [-0.25, -0.2) is 0 Å². The highest BCUT2D eigenvalue weighted by molar-refractivity contribution is 6.62. The maximum Gasteiger partial charge on any atom is 0.494 e. The van der Waals surface area contributed by atoms with E-state index in [4.69, 9.17) is 18.7 Å². The van der Waals surface area contributed by atoms with Crippen molar-refractivity contribution < 1.29 is 23.8 Å². The molecule has 267 valence electrons. The molecule has 5 nitrogen and oxygen atoms in total. The number of hydrogen-bond acceptors (Lipinski definition) is 5. The predicted octanol–water partition coefficient (Wildman–Crippen LogP) is 8.93. The third kappa shape index (κ3) is 10.3. The average molecular weight is 678 g/mol.